The van der Waals surface area contributed by atoms with Crippen molar-refractivity contribution in [3.63, 3.8) is 0 Å². The van der Waals surface area contributed by atoms with Crippen molar-refractivity contribution in [2.24, 2.45) is 0 Å². The Morgan fingerprint density at radius 1 is 1.26 bits per heavy atom. The van der Waals surface area contributed by atoms with E-state index >= 15 is 0 Å². The van der Waals surface area contributed by atoms with E-state index in [2.05, 4.69) is 10.4 Å². The number of aromatic nitrogens is 2. The molecular weight excluding hydrogens is 258 g/mol. The van der Waals surface area contributed by atoms with Gasteiger partial charge in [-0.1, -0.05) is 18.2 Å². The van der Waals surface area contributed by atoms with E-state index in [1.54, 1.807) is 6.26 Å². The maximum absolute atomic E-state index is 10.9. The fraction of sp³-hybridized carbons (Fsp3) is 0.357. The number of hydrogen-bond donors (Lipinski definition) is 1. The molecule has 0 saturated heterocycles. The fourth-order valence-corrected chi connectivity index (χ4v) is 2.35. The van der Waals surface area contributed by atoms with Gasteiger partial charge in [-0.2, -0.15) is 5.10 Å². The monoisotopic (exact) mass is 277 g/mol. The van der Waals surface area contributed by atoms with E-state index in [1.165, 1.54) is 0 Å². The molecule has 4 nitrogen and oxygen atoms in total. The minimum absolute atomic E-state index is 0.694. The number of hydrogen-bond acceptors (Lipinski definition) is 3. The van der Waals surface area contributed by atoms with Crippen molar-refractivity contribution in [1.29, 1.82) is 0 Å². The molecule has 19 heavy (non-hydrogen) atoms. The predicted octanol–water partition coefficient (Wildman–Crippen LogP) is 1.73. The second-order valence-electron chi connectivity index (χ2n) is 4.39. The molecule has 0 aliphatic rings. The second kappa shape index (κ2) is 7.21. The molecule has 0 saturated carbocycles. The van der Waals surface area contributed by atoms with Crippen LogP contribution >= 0.6 is 0 Å². The molecule has 0 amide bonds. The Morgan fingerprint density at radius 3 is 2.79 bits per heavy atom. The van der Waals surface area contributed by atoms with Crippen LogP contribution in [0.15, 0.2) is 42.6 Å². The van der Waals surface area contributed by atoms with Crippen LogP contribution in [-0.4, -0.2) is 32.5 Å². The average molecular weight is 277 g/mol. The number of nitrogens with one attached hydrogen (secondary N) is 1. The molecule has 2 rings (SSSR count). The van der Waals surface area contributed by atoms with Gasteiger partial charge in [0.25, 0.3) is 0 Å². The number of benzene rings is 1. The molecule has 0 bridgehead atoms. The highest BCUT2D eigenvalue weighted by Crippen LogP contribution is 2.06. The van der Waals surface area contributed by atoms with Gasteiger partial charge >= 0.3 is 0 Å². The topological polar surface area (TPSA) is 46.9 Å². The first kappa shape index (κ1) is 14.0. The van der Waals surface area contributed by atoms with E-state index in [-0.39, 0.29) is 0 Å². The first-order valence-electron chi connectivity index (χ1n) is 6.36. The summed E-state index contributed by atoms with van der Waals surface area (Å²) in [4.78, 5) is 0. The van der Waals surface area contributed by atoms with E-state index in [9.17, 15) is 4.21 Å². The summed E-state index contributed by atoms with van der Waals surface area (Å²) in [6, 6.07) is 12.1. The van der Waals surface area contributed by atoms with Crippen molar-refractivity contribution < 1.29 is 4.21 Å². The van der Waals surface area contributed by atoms with Crippen molar-refractivity contribution in [3.8, 4) is 5.69 Å². The van der Waals surface area contributed by atoms with Crippen molar-refractivity contribution in [2.75, 3.05) is 18.6 Å². The van der Waals surface area contributed by atoms with Crippen LogP contribution in [0, 0.1) is 0 Å². The predicted molar refractivity (Wildman–Crippen MR) is 78.8 cm³/mol. The quantitative estimate of drug-likeness (QED) is 0.784. The lowest BCUT2D eigenvalue weighted by molar-refractivity contribution is 0.650. The summed E-state index contributed by atoms with van der Waals surface area (Å²) in [7, 11) is -0.694. The van der Waals surface area contributed by atoms with E-state index in [1.807, 2.05) is 47.3 Å². The van der Waals surface area contributed by atoms with Crippen molar-refractivity contribution in [1.82, 2.24) is 15.1 Å². The summed E-state index contributed by atoms with van der Waals surface area (Å²) in [6.45, 7) is 1.62. The van der Waals surface area contributed by atoms with Crippen LogP contribution in [0.25, 0.3) is 5.69 Å². The highest BCUT2D eigenvalue weighted by atomic mass is 32.2. The minimum atomic E-state index is -0.694. The van der Waals surface area contributed by atoms with Crippen molar-refractivity contribution in [3.05, 3.63) is 48.3 Å². The molecule has 1 heterocycles. The zero-order valence-electron chi connectivity index (χ0n) is 11.1. The summed E-state index contributed by atoms with van der Waals surface area (Å²) in [5.74, 6) is 0.755. The third-order valence-electron chi connectivity index (χ3n) is 2.76. The molecule has 1 unspecified atom stereocenters. The van der Waals surface area contributed by atoms with Gasteiger partial charge in [0.05, 0.1) is 11.4 Å². The van der Waals surface area contributed by atoms with Crippen LogP contribution in [0.3, 0.4) is 0 Å². The average Bonchev–Trinajstić information content (AvgIpc) is 2.88. The van der Waals surface area contributed by atoms with Crippen LogP contribution in [0.5, 0.6) is 0 Å². The Balaban J connectivity index is 1.80. The molecule has 0 aliphatic carbocycles. The third kappa shape index (κ3) is 4.61. The molecule has 0 aliphatic heterocycles. The van der Waals surface area contributed by atoms with Gasteiger partial charge in [0.2, 0.25) is 0 Å². The van der Waals surface area contributed by atoms with Crippen LogP contribution in [-0.2, 0) is 17.3 Å². The third-order valence-corrected chi connectivity index (χ3v) is 3.62. The highest BCUT2D eigenvalue weighted by Gasteiger charge is 2.00. The maximum atomic E-state index is 10.9. The molecular formula is C14H19N3OS. The number of rotatable bonds is 7. The Morgan fingerprint density at radius 2 is 2.05 bits per heavy atom. The summed E-state index contributed by atoms with van der Waals surface area (Å²) < 4.78 is 12.8. The summed E-state index contributed by atoms with van der Waals surface area (Å²) >= 11 is 0. The van der Waals surface area contributed by atoms with Gasteiger partial charge in [0.15, 0.2) is 0 Å². The van der Waals surface area contributed by atoms with E-state index in [0.29, 0.717) is 0 Å². The number of nitrogens with zero attached hydrogens (tertiary/aromatic N) is 2. The zero-order chi connectivity index (χ0) is 13.5. The Bertz CT molecular complexity index is 524. The molecule has 5 heteroatoms. The molecule has 1 aromatic carbocycles. The Labute approximate surface area is 116 Å². The first-order chi connectivity index (χ1) is 9.25. The SMILES string of the molecule is CS(=O)CCCNCc1ccn(-c2ccccc2)n1. The van der Waals surface area contributed by atoms with Gasteiger partial charge in [0.1, 0.15) is 0 Å². The Hall–Kier alpha value is -1.46. The van der Waals surface area contributed by atoms with Gasteiger partial charge in [0, 0.05) is 35.5 Å². The normalized spacial score (nSPS) is 12.5. The molecule has 1 aromatic heterocycles. The van der Waals surface area contributed by atoms with Gasteiger partial charge in [-0.3, -0.25) is 4.21 Å². The lowest BCUT2D eigenvalue weighted by atomic mass is 10.3. The van der Waals surface area contributed by atoms with Crippen LogP contribution in [0.4, 0.5) is 0 Å². The van der Waals surface area contributed by atoms with Crippen molar-refractivity contribution >= 4 is 10.8 Å². The highest BCUT2D eigenvalue weighted by molar-refractivity contribution is 7.84. The fourth-order valence-electron chi connectivity index (χ4n) is 1.80. The van der Waals surface area contributed by atoms with Crippen LogP contribution in [0.1, 0.15) is 12.1 Å². The standard InChI is InChI=1S/C14H19N3OS/c1-19(18)11-5-9-15-12-13-8-10-17(16-13)14-6-3-2-4-7-14/h2-4,6-8,10,15H,5,9,11-12H2,1H3. The van der Waals surface area contributed by atoms with Crippen LogP contribution in [0.2, 0.25) is 0 Å². The second-order valence-corrected chi connectivity index (χ2v) is 5.95. The summed E-state index contributed by atoms with van der Waals surface area (Å²) in [5, 5.41) is 7.82. The molecule has 2 aromatic rings. The lowest BCUT2D eigenvalue weighted by Gasteiger charge is -2.02. The first-order valence-corrected chi connectivity index (χ1v) is 8.09. The lowest BCUT2D eigenvalue weighted by Crippen LogP contribution is -2.17. The van der Waals surface area contributed by atoms with Gasteiger partial charge in [-0.05, 0) is 31.2 Å². The summed E-state index contributed by atoms with van der Waals surface area (Å²) in [6.07, 6.45) is 4.64. The molecule has 0 spiro atoms. The van der Waals surface area contributed by atoms with Crippen LogP contribution < -0.4 is 5.32 Å². The molecule has 102 valence electrons. The molecule has 1 N–H and O–H groups in total. The van der Waals surface area contributed by atoms with E-state index in [4.69, 9.17) is 0 Å². The largest absolute Gasteiger partial charge is 0.311 e. The molecule has 1 atom stereocenters. The minimum Gasteiger partial charge on any atom is -0.311 e. The zero-order valence-corrected chi connectivity index (χ0v) is 11.9. The molecule has 0 radical (unpaired) electrons. The Kier molecular flexibility index (Phi) is 5.30. The maximum Gasteiger partial charge on any atom is 0.0766 e. The smallest absolute Gasteiger partial charge is 0.0766 e. The van der Waals surface area contributed by atoms with E-state index in [0.717, 1.165) is 36.6 Å². The number of para-hydroxylation sites is 1. The summed E-state index contributed by atoms with van der Waals surface area (Å²) in [5.41, 5.74) is 2.08. The van der Waals surface area contributed by atoms with Gasteiger partial charge in [-0.25, -0.2) is 4.68 Å². The van der Waals surface area contributed by atoms with E-state index < -0.39 is 10.8 Å². The van der Waals surface area contributed by atoms with Gasteiger partial charge < -0.3 is 5.32 Å². The van der Waals surface area contributed by atoms with Gasteiger partial charge in [-0.15, -0.1) is 0 Å². The molecule has 0 fully saturated rings. The van der Waals surface area contributed by atoms with Crippen molar-refractivity contribution in [2.45, 2.75) is 13.0 Å².